The summed E-state index contributed by atoms with van der Waals surface area (Å²) < 4.78 is 10.6. The SMILES string of the molecule is COc1ccc(OCCC(=O)N(C)C(C)CN)cc1. The van der Waals surface area contributed by atoms with Crippen LogP contribution in [0.15, 0.2) is 24.3 Å². The van der Waals surface area contributed by atoms with E-state index < -0.39 is 0 Å². The highest BCUT2D eigenvalue weighted by Crippen LogP contribution is 2.17. The van der Waals surface area contributed by atoms with E-state index in [4.69, 9.17) is 15.2 Å². The molecule has 0 bridgehead atoms. The zero-order valence-electron chi connectivity index (χ0n) is 11.8. The average molecular weight is 266 g/mol. The molecule has 2 N–H and O–H groups in total. The number of rotatable bonds is 7. The Morgan fingerprint density at radius 3 is 2.42 bits per heavy atom. The topological polar surface area (TPSA) is 64.8 Å². The highest BCUT2D eigenvalue weighted by molar-refractivity contribution is 5.76. The Kier molecular flexibility index (Phi) is 6.15. The predicted molar refractivity (Wildman–Crippen MR) is 74.4 cm³/mol. The molecule has 0 aromatic heterocycles. The Morgan fingerprint density at radius 1 is 1.32 bits per heavy atom. The molecule has 1 aromatic carbocycles. The van der Waals surface area contributed by atoms with Gasteiger partial charge >= 0.3 is 0 Å². The van der Waals surface area contributed by atoms with E-state index in [0.29, 0.717) is 19.6 Å². The number of nitrogens with two attached hydrogens (primary N) is 1. The second-order valence-electron chi connectivity index (χ2n) is 4.36. The Hall–Kier alpha value is -1.75. The van der Waals surface area contributed by atoms with Gasteiger partial charge in [-0.1, -0.05) is 0 Å². The van der Waals surface area contributed by atoms with E-state index in [0.717, 1.165) is 11.5 Å². The lowest BCUT2D eigenvalue weighted by Gasteiger charge is -2.23. The predicted octanol–water partition coefficient (Wildman–Crippen LogP) is 1.27. The summed E-state index contributed by atoms with van der Waals surface area (Å²) in [6, 6.07) is 7.32. The van der Waals surface area contributed by atoms with Crippen molar-refractivity contribution in [2.24, 2.45) is 5.73 Å². The molecule has 0 saturated heterocycles. The third-order valence-corrected chi connectivity index (χ3v) is 3.04. The van der Waals surface area contributed by atoms with Crippen LogP contribution >= 0.6 is 0 Å². The molecule has 1 atom stereocenters. The van der Waals surface area contributed by atoms with Crippen LogP contribution in [0.1, 0.15) is 13.3 Å². The highest BCUT2D eigenvalue weighted by Gasteiger charge is 2.13. The number of ether oxygens (including phenoxy) is 2. The fraction of sp³-hybridized carbons (Fsp3) is 0.500. The number of benzene rings is 1. The second kappa shape index (κ2) is 7.63. The van der Waals surface area contributed by atoms with Crippen LogP contribution in [0, 0.1) is 0 Å². The molecule has 1 amide bonds. The van der Waals surface area contributed by atoms with Gasteiger partial charge in [-0.2, -0.15) is 0 Å². The number of amides is 1. The summed E-state index contributed by atoms with van der Waals surface area (Å²) in [6.07, 6.45) is 0.340. The molecule has 106 valence electrons. The van der Waals surface area contributed by atoms with Crippen molar-refractivity contribution in [1.82, 2.24) is 4.90 Å². The molecule has 0 spiro atoms. The van der Waals surface area contributed by atoms with Crippen LogP contribution in [0.3, 0.4) is 0 Å². The third-order valence-electron chi connectivity index (χ3n) is 3.04. The van der Waals surface area contributed by atoms with Crippen molar-refractivity contribution in [2.75, 3.05) is 27.3 Å². The van der Waals surface area contributed by atoms with Crippen molar-refractivity contribution in [3.05, 3.63) is 24.3 Å². The lowest BCUT2D eigenvalue weighted by Crippen LogP contribution is -2.40. The molecule has 0 aliphatic carbocycles. The van der Waals surface area contributed by atoms with Crippen molar-refractivity contribution in [3.8, 4) is 11.5 Å². The van der Waals surface area contributed by atoms with Crippen LogP contribution in [0.2, 0.25) is 0 Å². The molecule has 0 heterocycles. The molecule has 0 aliphatic heterocycles. The third kappa shape index (κ3) is 4.79. The van der Waals surface area contributed by atoms with E-state index in [9.17, 15) is 4.79 Å². The summed E-state index contributed by atoms with van der Waals surface area (Å²) in [4.78, 5) is 13.5. The van der Waals surface area contributed by atoms with Gasteiger partial charge in [-0.05, 0) is 31.2 Å². The first-order valence-electron chi connectivity index (χ1n) is 6.31. The first kappa shape index (κ1) is 15.3. The summed E-state index contributed by atoms with van der Waals surface area (Å²) in [5.74, 6) is 1.54. The fourth-order valence-electron chi connectivity index (χ4n) is 1.51. The molecule has 1 aromatic rings. The molecule has 19 heavy (non-hydrogen) atoms. The lowest BCUT2D eigenvalue weighted by atomic mass is 10.2. The first-order valence-corrected chi connectivity index (χ1v) is 6.31. The number of hydrogen-bond donors (Lipinski definition) is 1. The molecule has 1 unspecified atom stereocenters. The zero-order valence-corrected chi connectivity index (χ0v) is 11.8. The van der Waals surface area contributed by atoms with E-state index in [1.54, 1.807) is 19.1 Å². The Balaban J connectivity index is 2.35. The maximum atomic E-state index is 11.8. The molecule has 0 fully saturated rings. The molecular formula is C14H22N2O3. The minimum Gasteiger partial charge on any atom is -0.497 e. The van der Waals surface area contributed by atoms with E-state index in [-0.39, 0.29) is 11.9 Å². The minimum atomic E-state index is 0.0338. The van der Waals surface area contributed by atoms with Crippen molar-refractivity contribution in [2.45, 2.75) is 19.4 Å². The van der Waals surface area contributed by atoms with Gasteiger partial charge in [-0.15, -0.1) is 0 Å². The summed E-state index contributed by atoms with van der Waals surface area (Å²) in [6.45, 7) is 2.73. The lowest BCUT2D eigenvalue weighted by molar-refractivity contribution is -0.132. The van der Waals surface area contributed by atoms with Crippen molar-refractivity contribution in [1.29, 1.82) is 0 Å². The number of carbonyl (C=O) groups is 1. The second-order valence-corrected chi connectivity index (χ2v) is 4.36. The van der Waals surface area contributed by atoms with E-state index in [1.165, 1.54) is 0 Å². The average Bonchev–Trinajstić information content (AvgIpc) is 2.46. The van der Waals surface area contributed by atoms with Crippen molar-refractivity contribution < 1.29 is 14.3 Å². The van der Waals surface area contributed by atoms with Crippen LogP contribution in [-0.2, 0) is 4.79 Å². The van der Waals surface area contributed by atoms with Crippen molar-refractivity contribution in [3.63, 3.8) is 0 Å². The smallest absolute Gasteiger partial charge is 0.226 e. The van der Waals surface area contributed by atoms with Gasteiger partial charge in [-0.25, -0.2) is 0 Å². The highest BCUT2D eigenvalue weighted by atomic mass is 16.5. The Bertz CT molecular complexity index is 392. The van der Waals surface area contributed by atoms with Gasteiger partial charge in [0, 0.05) is 19.6 Å². The number of methoxy groups -OCH3 is 1. The Labute approximate surface area is 114 Å². The van der Waals surface area contributed by atoms with Crippen molar-refractivity contribution >= 4 is 5.91 Å². The van der Waals surface area contributed by atoms with Gasteiger partial charge in [0.2, 0.25) is 5.91 Å². The van der Waals surface area contributed by atoms with E-state index >= 15 is 0 Å². The monoisotopic (exact) mass is 266 g/mol. The quantitative estimate of drug-likeness (QED) is 0.807. The molecular weight excluding hydrogens is 244 g/mol. The summed E-state index contributed by atoms with van der Waals surface area (Å²) >= 11 is 0. The van der Waals surface area contributed by atoms with Gasteiger partial charge in [0.25, 0.3) is 0 Å². The van der Waals surface area contributed by atoms with Gasteiger partial charge in [0.1, 0.15) is 11.5 Å². The molecule has 0 saturated carbocycles. The number of likely N-dealkylation sites (N-methyl/N-ethyl adjacent to an activating group) is 1. The van der Waals surface area contributed by atoms with Crippen LogP contribution in [-0.4, -0.2) is 44.2 Å². The maximum absolute atomic E-state index is 11.8. The van der Waals surface area contributed by atoms with E-state index in [1.807, 2.05) is 31.2 Å². The van der Waals surface area contributed by atoms with Crippen LogP contribution < -0.4 is 15.2 Å². The maximum Gasteiger partial charge on any atom is 0.226 e. The minimum absolute atomic E-state index is 0.0338. The van der Waals surface area contributed by atoms with Crippen LogP contribution in [0.25, 0.3) is 0 Å². The van der Waals surface area contributed by atoms with Gasteiger partial charge in [0.15, 0.2) is 0 Å². The largest absolute Gasteiger partial charge is 0.497 e. The van der Waals surface area contributed by atoms with Crippen LogP contribution in [0.5, 0.6) is 11.5 Å². The Morgan fingerprint density at radius 2 is 1.89 bits per heavy atom. The van der Waals surface area contributed by atoms with Gasteiger partial charge in [-0.3, -0.25) is 4.79 Å². The van der Waals surface area contributed by atoms with Gasteiger partial charge < -0.3 is 20.1 Å². The van der Waals surface area contributed by atoms with Gasteiger partial charge in [0.05, 0.1) is 20.1 Å². The standard InChI is InChI=1S/C14H22N2O3/c1-11(10-15)16(2)14(17)8-9-19-13-6-4-12(18-3)5-7-13/h4-7,11H,8-10,15H2,1-3H3. The molecule has 5 heteroatoms. The number of carbonyl (C=O) groups excluding carboxylic acids is 1. The first-order chi connectivity index (χ1) is 9.08. The van der Waals surface area contributed by atoms with E-state index in [2.05, 4.69) is 0 Å². The molecule has 0 aliphatic rings. The summed E-state index contributed by atoms with van der Waals surface area (Å²) in [7, 11) is 3.37. The molecule has 0 radical (unpaired) electrons. The fourth-order valence-corrected chi connectivity index (χ4v) is 1.51. The molecule has 5 nitrogen and oxygen atoms in total. The summed E-state index contributed by atoms with van der Waals surface area (Å²) in [5.41, 5.74) is 5.52. The normalized spacial score (nSPS) is 11.8. The zero-order chi connectivity index (χ0) is 14.3. The van der Waals surface area contributed by atoms with Crippen LogP contribution in [0.4, 0.5) is 0 Å². The summed E-state index contributed by atoms with van der Waals surface area (Å²) in [5, 5.41) is 0. The number of hydrogen-bond acceptors (Lipinski definition) is 4. The molecule has 1 rings (SSSR count). The number of nitrogens with zero attached hydrogens (tertiary/aromatic N) is 1.